The zero-order chi connectivity index (χ0) is 19.5. The van der Waals surface area contributed by atoms with Gasteiger partial charge in [0.2, 0.25) is 5.91 Å². The number of amides is 1. The van der Waals surface area contributed by atoms with Crippen LogP contribution in [0.1, 0.15) is 61.2 Å². The summed E-state index contributed by atoms with van der Waals surface area (Å²) in [5.41, 5.74) is 3.40. The van der Waals surface area contributed by atoms with Crippen LogP contribution in [-0.4, -0.2) is 40.4 Å². The first-order valence-electron chi connectivity index (χ1n) is 10.6. The largest absolute Gasteiger partial charge is 0.356 e. The van der Waals surface area contributed by atoms with E-state index in [4.69, 9.17) is 9.97 Å². The van der Waals surface area contributed by atoms with E-state index < -0.39 is 0 Å². The first-order valence-corrected chi connectivity index (χ1v) is 10.6. The molecule has 2 aliphatic heterocycles. The lowest BCUT2D eigenvalue weighted by atomic mass is 9.93. The van der Waals surface area contributed by atoms with Crippen LogP contribution in [0.3, 0.4) is 0 Å². The van der Waals surface area contributed by atoms with Gasteiger partial charge in [-0.05, 0) is 38.2 Å². The fourth-order valence-corrected chi connectivity index (χ4v) is 4.53. The Morgan fingerprint density at radius 1 is 1.07 bits per heavy atom. The number of benzene rings is 1. The molecule has 1 saturated heterocycles. The van der Waals surface area contributed by atoms with Crippen LogP contribution in [0.2, 0.25) is 0 Å². The fourth-order valence-electron chi connectivity index (χ4n) is 4.53. The second-order valence-electron chi connectivity index (χ2n) is 7.95. The number of fused-ring (bicyclic) bond motifs is 1. The van der Waals surface area contributed by atoms with Crippen molar-refractivity contribution in [2.45, 2.75) is 58.4 Å². The molecule has 1 unspecified atom stereocenters. The summed E-state index contributed by atoms with van der Waals surface area (Å²) < 4.78 is 0. The molecule has 3 heterocycles. The molecule has 2 aliphatic rings. The van der Waals surface area contributed by atoms with Crippen molar-refractivity contribution in [1.29, 1.82) is 0 Å². The van der Waals surface area contributed by atoms with E-state index >= 15 is 0 Å². The Morgan fingerprint density at radius 3 is 2.54 bits per heavy atom. The molecular formula is C23H30N4O. The molecule has 0 saturated carbocycles. The number of piperidine rings is 1. The van der Waals surface area contributed by atoms with Crippen LogP contribution in [0.25, 0.3) is 0 Å². The molecule has 0 spiro atoms. The summed E-state index contributed by atoms with van der Waals surface area (Å²) in [5.74, 6) is 2.05. The van der Waals surface area contributed by atoms with Gasteiger partial charge >= 0.3 is 0 Å². The Bertz CT molecular complexity index is 830. The molecule has 0 N–H and O–H groups in total. The van der Waals surface area contributed by atoms with Gasteiger partial charge in [-0.15, -0.1) is 0 Å². The molecule has 5 heteroatoms. The van der Waals surface area contributed by atoms with Gasteiger partial charge in [-0.25, -0.2) is 9.97 Å². The van der Waals surface area contributed by atoms with Gasteiger partial charge in [0.05, 0.1) is 18.2 Å². The zero-order valence-corrected chi connectivity index (χ0v) is 17.0. The molecule has 1 atom stereocenters. The lowest BCUT2D eigenvalue weighted by molar-refractivity contribution is -0.133. The summed E-state index contributed by atoms with van der Waals surface area (Å²) in [4.78, 5) is 27.3. The maximum absolute atomic E-state index is 13.4. The van der Waals surface area contributed by atoms with Crippen LogP contribution < -0.4 is 4.90 Å². The van der Waals surface area contributed by atoms with E-state index in [1.807, 2.05) is 30.0 Å². The van der Waals surface area contributed by atoms with E-state index in [0.717, 1.165) is 60.9 Å². The molecule has 5 nitrogen and oxygen atoms in total. The number of hydrogen-bond donors (Lipinski definition) is 0. The Morgan fingerprint density at radius 2 is 1.82 bits per heavy atom. The Labute approximate surface area is 167 Å². The van der Waals surface area contributed by atoms with E-state index in [1.54, 1.807) is 0 Å². The monoisotopic (exact) mass is 378 g/mol. The molecule has 0 radical (unpaired) electrons. The topological polar surface area (TPSA) is 49.3 Å². The van der Waals surface area contributed by atoms with Crippen molar-refractivity contribution < 1.29 is 4.79 Å². The van der Waals surface area contributed by atoms with Gasteiger partial charge in [0, 0.05) is 31.6 Å². The van der Waals surface area contributed by atoms with Crippen LogP contribution in [0, 0.1) is 6.92 Å². The number of rotatable bonds is 4. The molecule has 1 aromatic heterocycles. The van der Waals surface area contributed by atoms with Crippen molar-refractivity contribution in [2.75, 3.05) is 24.5 Å². The van der Waals surface area contributed by atoms with Gasteiger partial charge in [-0.3, -0.25) is 4.79 Å². The smallest absolute Gasteiger partial charge is 0.230 e. The van der Waals surface area contributed by atoms with Gasteiger partial charge < -0.3 is 9.80 Å². The SMILES string of the molecule is CCC(C(=O)N1CCc2nc(C)nc(N3CCCCC3)c2C1)c1ccccc1. The minimum atomic E-state index is -0.0763. The highest BCUT2D eigenvalue weighted by atomic mass is 16.2. The first kappa shape index (κ1) is 18.9. The Hall–Kier alpha value is -2.43. The molecule has 148 valence electrons. The Kier molecular flexibility index (Phi) is 5.60. The molecule has 1 amide bonds. The maximum atomic E-state index is 13.4. The van der Waals surface area contributed by atoms with Crippen LogP contribution >= 0.6 is 0 Å². The lowest BCUT2D eigenvalue weighted by Gasteiger charge is -2.35. The average Bonchev–Trinajstić information content (AvgIpc) is 2.74. The summed E-state index contributed by atoms with van der Waals surface area (Å²) in [7, 11) is 0. The predicted octanol–water partition coefficient (Wildman–Crippen LogP) is 3.85. The van der Waals surface area contributed by atoms with E-state index in [-0.39, 0.29) is 11.8 Å². The number of nitrogens with zero attached hydrogens (tertiary/aromatic N) is 4. The highest BCUT2D eigenvalue weighted by molar-refractivity contribution is 5.84. The summed E-state index contributed by atoms with van der Waals surface area (Å²) in [5, 5.41) is 0. The van der Waals surface area contributed by atoms with E-state index in [1.165, 1.54) is 19.3 Å². The third kappa shape index (κ3) is 3.75. The second-order valence-corrected chi connectivity index (χ2v) is 7.95. The van der Waals surface area contributed by atoms with Gasteiger partial charge in [-0.2, -0.15) is 0 Å². The predicted molar refractivity (Wildman–Crippen MR) is 111 cm³/mol. The third-order valence-corrected chi connectivity index (χ3v) is 6.03. The lowest BCUT2D eigenvalue weighted by Crippen LogP contribution is -2.41. The van der Waals surface area contributed by atoms with Crippen molar-refractivity contribution in [2.24, 2.45) is 0 Å². The van der Waals surface area contributed by atoms with Gasteiger partial charge in [0.15, 0.2) is 0 Å². The first-order chi connectivity index (χ1) is 13.7. The summed E-state index contributed by atoms with van der Waals surface area (Å²) in [6.45, 7) is 7.55. The van der Waals surface area contributed by atoms with Gasteiger partial charge in [-0.1, -0.05) is 37.3 Å². The molecule has 1 fully saturated rings. The van der Waals surface area contributed by atoms with Crippen molar-refractivity contribution in [3.63, 3.8) is 0 Å². The van der Waals surface area contributed by atoms with Crippen molar-refractivity contribution in [3.8, 4) is 0 Å². The van der Waals surface area contributed by atoms with Crippen molar-refractivity contribution >= 4 is 11.7 Å². The van der Waals surface area contributed by atoms with Gasteiger partial charge in [0.1, 0.15) is 11.6 Å². The minimum Gasteiger partial charge on any atom is -0.356 e. The number of carbonyl (C=O) groups excluding carboxylic acids is 1. The van der Waals surface area contributed by atoms with Crippen molar-refractivity contribution in [3.05, 3.63) is 53.0 Å². The number of anilines is 1. The molecule has 0 bridgehead atoms. The van der Waals surface area contributed by atoms with E-state index in [0.29, 0.717) is 6.54 Å². The number of aromatic nitrogens is 2. The van der Waals surface area contributed by atoms with Crippen LogP contribution in [-0.2, 0) is 17.8 Å². The fraction of sp³-hybridized carbons (Fsp3) is 0.522. The second kappa shape index (κ2) is 8.29. The van der Waals surface area contributed by atoms with Crippen LogP contribution in [0.15, 0.2) is 30.3 Å². The molecule has 1 aromatic carbocycles. The van der Waals surface area contributed by atoms with E-state index in [2.05, 4.69) is 24.0 Å². The zero-order valence-electron chi connectivity index (χ0n) is 17.0. The highest BCUT2D eigenvalue weighted by Crippen LogP contribution is 2.31. The van der Waals surface area contributed by atoms with Gasteiger partial charge in [0.25, 0.3) is 0 Å². The van der Waals surface area contributed by atoms with Crippen LogP contribution in [0.4, 0.5) is 5.82 Å². The molecule has 28 heavy (non-hydrogen) atoms. The van der Waals surface area contributed by atoms with Crippen LogP contribution in [0.5, 0.6) is 0 Å². The highest BCUT2D eigenvalue weighted by Gasteiger charge is 2.31. The molecular weight excluding hydrogens is 348 g/mol. The average molecular weight is 379 g/mol. The number of aryl methyl sites for hydroxylation is 1. The minimum absolute atomic E-state index is 0.0763. The normalized spacial score (nSPS) is 17.9. The van der Waals surface area contributed by atoms with Crippen molar-refractivity contribution in [1.82, 2.24) is 14.9 Å². The molecule has 2 aromatic rings. The summed E-state index contributed by atoms with van der Waals surface area (Å²) in [6.07, 6.45) is 5.35. The number of hydrogen-bond acceptors (Lipinski definition) is 4. The third-order valence-electron chi connectivity index (χ3n) is 6.03. The summed E-state index contributed by atoms with van der Waals surface area (Å²) >= 11 is 0. The quantitative estimate of drug-likeness (QED) is 0.811. The molecule has 0 aliphatic carbocycles. The summed E-state index contributed by atoms with van der Waals surface area (Å²) in [6, 6.07) is 10.2. The molecule has 4 rings (SSSR count). The Balaban J connectivity index is 1.61. The number of carbonyl (C=O) groups is 1. The maximum Gasteiger partial charge on any atom is 0.230 e. The van der Waals surface area contributed by atoms with E-state index in [9.17, 15) is 4.79 Å². The standard InChI is InChI=1S/C23H30N4O/c1-3-19(18-10-6-4-7-11-18)23(28)27-15-12-21-20(16-27)22(25-17(2)24-21)26-13-8-5-9-14-26/h4,6-7,10-11,19H,3,5,8-9,12-16H2,1-2H3.